The molecule has 3 aromatic rings. The number of halogens is 1. The fourth-order valence-corrected chi connectivity index (χ4v) is 2.27. The summed E-state index contributed by atoms with van der Waals surface area (Å²) < 4.78 is 14.2. The molecule has 126 valence electrons. The highest BCUT2D eigenvalue weighted by atomic mass is 19.1. The van der Waals surface area contributed by atoms with Crippen LogP contribution in [0.3, 0.4) is 0 Å². The normalized spacial score (nSPS) is 10.5. The quantitative estimate of drug-likeness (QED) is 0.792. The van der Waals surface area contributed by atoms with E-state index in [4.69, 9.17) is 0 Å². The SMILES string of the molecule is Cc1cccnc1NC(=O)Cn1cnc(-c2ccc(F)cc2)cc1=O. The van der Waals surface area contributed by atoms with E-state index in [9.17, 15) is 14.0 Å². The van der Waals surface area contributed by atoms with E-state index in [-0.39, 0.29) is 23.8 Å². The monoisotopic (exact) mass is 338 g/mol. The van der Waals surface area contributed by atoms with Crippen LogP contribution in [0.5, 0.6) is 0 Å². The van der Waals surface area contributed by atoms with Crippen molar-refractivity contribution in [2.24, 2.45) is 0 Å². The zero-order valence-corrected chi connectivity index (χ0v) is 13.4. The molecule has 0 bridgehead atoms. The number of pyridine rings is 1. The molecule has 25 heavy (non-hydrogen) atoms. The van der Waals surface area contributed by atoms with Gasteiger partial charge in [0.2, 0.25) is 5.91 Å². The van der Waals surface area contributed by atoms with Gasteiger partial charge in [-0.25, -0.2) is 14.4 Å². The van der Waals surface area contributed by atoms with Gasteiger partial charge in [0.25, 0.3) is 5.56 Å². The number of rotatable bonds is 4. The summed E-state index contributed by atoms with van der Waals surface area (Å²) in [6.07, 6.45) is 2.87. The summed E-state index contributed by atoms with van der Waals surface area (Å²) in [5.74, 6) is -0.282. The number of anilines is 1. The maximum Gasteiger partial charge on any atom is 0.254 e. The Hall–Kier alpha value is -3.35. The zero-order chi connectivity index (χ0) is 17.8. The van der Waals surface area contributed by atoms with Crippen LogP contribution in [0, 0.1) is 12.7 Å². The molecule has 0 saturated carbocycles. The average molecular weight is 338 g/mol. The highest BCUT2D eigenvalue weighted by Gasteiger charge is 2.09. The lowest BCUT2D eigenvalue weighted by atomic mass is 10.1. The van der Waals surface area contributed by atoms with E-state index < -0.39 is 0 Å². The van der Waals surface area contributed by atoms with E-state index in [1.165, 1.54) is 41.2 Å². The van der Waals surface area contributed by atoms with Crippen LogP contribution in [0.4, 0.5) is 10.2 Å². The third-order valence-corrected chi connectivity index (χ3v) is 3.60. The van der Waals surface area contributed by atoms with Crippen LogP contribution in [0.25, 0.3) is 11.3 Å². The van der Waals surface area contributed by atoms with E-state index in [1.807, 2.05) is 13.0 Å². The third kappa shape index (κ3) is 3.95. The molecular formula is C18H15FN4O2. The van der Waals surface area contributed by atoms with Gasteiger partial charge in [-0.15, -0.1) is 0 Å². The Morgan fingerprint density at radius 3 is 2.64 bits per heavy atom. The Kier molecular flexibility index (Phi) is 4.65. The number of hydrogen-bond acceptors (Lipinski definition) is 4. The van der Waals surface area contributed by atoms with Crippen molar-refractivity contribution >= 4 is 11.7 Å². The average Bonchev–Trinajstić information content (AvgIpc) is 2.59. The lowest BCUT2D eigenvalue weighted by Crippen LogP contribution is -2.28. The predicted molar refractivity (Wildman–Crippen MR) is 91.5 cm³/mol. The molecule has 1 amide bonds. The minimum atomic E-state index is -0.375. The van der Waals surface area contributed by atoms with Crippen molar-refractivity contribution in [1.82, 2.24) is 14.5 Å². The minimum absolute atomic E-state index is 0.175. The fraction of sp³-hybridized carbons (Fsp3) is 0.111. The van der Waals surface area contributed by atoms with Crippen molar-refractivity contribution in [3.8, 4) is 11.3 Å². The van der Waals surface area contributed by atoms with Crippen LogP contribution >= 0.6 is 0 Å². The summed E-state index contributed by atoms with van der Waals surface area (Å²) in [6.45, 7) is 1.65. The van der Waals surface area contributed by atoms with Crippen LogP contribution in [0.1, 0.15) is 5.56 Å². The maximum atomic E-state index is 13.0. The van der Waals surface area contributed by atoms with Gasteiger partial charge in [-0.3, -0.25) is 14.2 Å². The molecule has 1 N–H and O–H groups in total. The van der Waals surface area contributed by atoms with Gasteiger partial charge in [0.05, 0.1) is 12.0 Å². The van der Waals surface area contributed by atoms with Gasteiger partial charge in [0.1, 0.15) is 18.2 Å². The highest BCUT2D eigenvalue weighted by Crippen LogP contribution is 2.15. The second-order valence-corrected chi connectivity index (χ2v) is 5.46. The molecule has 2 heterocycles. The molecule has 0 atom stereocenters. The molecule has 0 spiro atoms. The lowest BCUT2D eigenvalue weighted by molar-refractivity contribution is -0.116. The van der Waals surface area contributed by atoms with Crippen molar-refractivity contribution in [3.05, 3.63) is 76.7 Å². The number of nitrogens with one attached hydrogen (secondary N) is 1. The van der Waals surface area contributed by atoms with Crippen molar-refractivity contribution < 1.29 is 9.18 Å². The van der Waals surface area contributed by atoms with Gasteiger partial charge in [-0.05, 0) is 42.8 Å². The topological polar surface area (TPSA) is 76.9 Å². The molecule has 7 heteroatoms. The Bertz CT molecular complexity index is 967. The van der Waals surface area contributed by atoms with Gasteiger partial charge in [-0.2, -0.15) is 0 Å². The van der Waals surface area contributed by atoms with E-state index >= 15 is 0 Å². The van der Waals surface area contributed by atoms with Gasteiger partial charge in [-0.1, -0.05) is 6.07 Å². The second kappa shape index (κ2) is 7.04. The predicted octanol–water partition coefficient (Wildman–Crippen LogP) is 2.39. The van der Waals surface area contributed by atoms with E-state index in [2.05, 4.69) is 15.3 Å². The van der Waals surface area contributed by atoms with E-state index in [0.717, 1.165) is 5.56 Å². The van der Waals surface area contributed by atoms with Crippen LogP contribution in [-0.2, 0) is 11.3 Å². The van der Waals surface area contributed by atoms with Crippen molar-refractivity contribution in [2.45, 2.75) is 13.5 Å². The first-order chi connectivity index (χ1) is 12.0. The number of carbonyl (C=O) groups excluding carboxylic acids is 1. The highest BCUT2D eigenvalue weighted by molar-refractivity contribution is 5.90. The van der Waals surface area contributed by atoms with Crippen molar-refractivity contribution in [1.29, 1.82) is 0 Å². The smallest absolute Gasteiger partial charge is 0.254 e. The molecule has 0 unspecified atom stereocenters. The molecule has 0 aliphatic heterocycles. The lowest BCUT2D eigenvalue weighted by Gasteiger charge is -2.09. The number of carbonyl (C=O) groups is 1. The van der Waals surface area contributed by atoms with Gasteiger partial charge < -0.3 is 5.32 Å². The van der Waals surface area contributed by atoms with Crippen molar-refractivity contribution in [2.75, 3.05) is 5.32 Å². The number of hydrogen-bond donors (Lipinski definition) is 1. The first-order valence-electron chi connectivity index (χ1n) is 7.57. The molecule has 1 aromatic carbocycles. The van der Waals surface area contributed by atoms with Crippen LogP contribution in [0.15, 0.2) is 59.8 Å². The largest absolute Gasteiger partial charge is 0.309 e. The summed E-state index contributed by atoms with van der Waals surface area (Å²) in [7, 11) is 0. The molecule has 0 fully saturated rings. The van der Waals surface area contributed by atoms with Crippen molar-refractivity contribution in [3.63, 3.8) is 0 Å². The zero-order valence-electron chi connectivity index (χ0n) is 13.4. The van der Waals surface area contributed by atoms with Crippen LogP contribution in [0.2, 0.25) is 0 Å². The summed E-state index contributed by atoms with van der Waals surface area (Å²) >= 11 is 0. The molecule has 0 aliphatic rings. The number of aryl methyl sites for hydroxylation is 1. The Labute approximate surface area is 143 Å². The number of aromatic nitrogens is 3. The summed E-state index contributed by atoms with van der Waals surface area (Å²) in [5.41, 5.74) is 1.50. The minimum Gasteiger partial charge on any atom is -0.309 e. The number of benzene rings is 1. The molecule has 0 aliphatic carbocycles. The standard InChI is InChI=1S/C18H15FN4O2/c1-12-3-2-8-20-18(12)22-16(24)10-23-11-21-15(9-17(23)25)13-4-6-14(19)7-5-13/h2-9,11H,10H2,1H3,(H,20,22,24). The molecular weight excluding hydrogens is 323 g/mol. The first-order valence-corrected chi connectivity index (χ1v) is 7.57. The molecule has 3 rings (SSSR count). The second-order valence-electron chi connectivity index (χ2n) is 5.46. The Balaban J connectivity index is 1.75. The van der Waals surface area contributed by atoms with Gasteiger partial charge in [0.15, 0.2) is 0 Å². The van der Waals surface area contributed by atoms with Crippen LogP contribution in [-0.4, -0.2) is 20.4 Å². The fourth-order valence-electron chi connectivity index (χ4n) is 2.27. The first kappa shape index (κ1) is 16.5. The van der Waals surface area contributed by atoms with E-state index in [0.29, 0.717) is 17.1 Å². The summed E-state index contributed by atoms with van der Waals surface area (Å²) in [5, 5.41) is 2.66. The number of nitrogens with zero attached hydrogens (tertiary/aromatic N) is 3. The summed E-state index contributed by atoms with van der Waals surface area (Å²) in [6, 6.07) is 10.6. The third-order valence-electron chi connectivity index (χ3n) is 3.60. The number of amides is 1. The van der Waals surface area contributed by atoms with Gasteiger partial charge >= 0.3 is 0 Å². The Morgan fingerprint density at radius 2 is 1.96 bits per heavy atom. The molecule has 0 radical (unpaired) electrons. The maximum absolute atomic E-state index is 13.0. The van der Waals surface area contributed by atoms with E-state index in [1.54, 1.807) is 12.3 Å². The summed E-state index contributed by atoms with van der Waals surface area (Å²) in [4.78, 5) is 32.5. The molecule has 0 saturated heterocycles. The molecule has 2 aromatic heterocycles. The van der Waals surface area contributed by atoms with Crippen LogP contribution < -0.4 is 10.9 Å². The molecule has 6 nitrogen and oxygen atoms in total. The Morgan fingerprint density at radius 1 is 1.20 bits per heavy atom. The van der Waals surface area contributed by atoms with Gasteiger partial charge in [0, 0.05) is 17.8 Å².